The molecule has 2 atom stereocenters. The summed E-state index contributed by atoms with van der Waals surface area (Å²) in [4.78, 5) is 0. The second-order valence-electron chi connectivity index (χ2n) is 3.28. The SMILES string of the molecule is C=C[C@@H]1OC(C)(C)OC1CC. The lowest BCUT2D eigenvalue weighted by Gasteiger charge is -2.16. The van der Waals surface area contributed by atoms with Crippen molar-refractivity contribution in [2.45, 2.75) is 45.2 Å². The van der Waals surface area contributed by atoms with Gasteiger partial charge in [-0.1, -0.05) is 13.0 Å². The van der Waals surface area contributed by atoms with Crippen molar-refractivity contribution in [2.24, 2.45) is 0 Å². The second kappa shape index (κ2) is 2.95. The van der Waals surface area contributed by atoms with Crippen molar-refractivity contribution in [2.75, 3.05) is 0 Å². The zero-order valence-corrected chi connectivity index (χ0v) is 7.46. The lowest BCUT2D eigenvalue weighted by atomic mass is 10.1. The maximum Gasteiger partial charge on any atom is 0.164 e. The van der Waals surface area contributed by atoms with Crippen LogP contribution in [0.4, 0.5) is 0 Å². The quantitative estimate of drug-likeness (QED) is 0.570. The van der Waals surface area contributed by atoms with E-state index in [0.29, 0.717) is 0 Å². The maximum atomic E-state index is 5.61. The summed E-state index contributed by atoms with van der Waals surface area (Å²) in [5.41, 5.74) is 0. The molecule has 0 aliphatic carbocycles. The van der Waals surface area contributed by atoms with Crippen molar-refractivity contribution in [1.29, 1.82) is 0 Å². The minimum Gasteiger partial charge on any atom is -0.344 e. The minimum atomic E-state index is -0.431. The monoisotopic (exact) mass is 156 g/mol. The standard InChI is InChI=1S/C9H16O2/c1-5-7-8(6-2)11-9(3,4)10-7/h5,7-8H,1,6H2,2-4H3/t7-,8?/m0/s1. The summed E-state index contributed by atoms with van der Waals surface area (Å²) in [6.07, 6.45) is 3.03. The summed E-state index contributed by atoms with van der Waals surface area (Å²) < 4.78 is 11.2. The number of hydrogen-bond acceptors (Lipinski definition) is 2. The zero-order valence-electron chi connectivity index (χ0n) is 7.46. The fraction of sp³-hybridized carbons (Fsp3) is 0.778. The summed E-state index contributed by atoms with van der Waals surface area (Å²) in [6, 6.07) is 0. The maximum absolute atomic E-state index is 5.61. The molecule has 0 aromatic carbocycles. The predicted molar refractivity (Wildman–Crippen MR) is 44.3 cm³/mol. The normalized spacial score (nSPS) is 35.5. The van der Waals surface area contributed by atoms with Gasteiger partial charge in [-0.2, -0.15) is 0 Å². The Labute approximate surface area is 68.2 Å². The van der Waals surface area contributed by atoms with E-state index in [9.17, 15) is 0 Å². The van der Waals surface area contributed by atoms with Gasteiger partial charge < -0.3 is 9.47 Å². The van der Waals surface area contributed by atoms with Crippen LogP contribution in [0, 0.1) is 0 Å². The molecule has 0 aromatic rings. The first-order chi connectivity index (χ1) is 5.09. The molecular weight excluding hydrogens is 140 g/mol. The molecule has 0 saturated carbocycles. The number of rotatable bonds is 2. The van der Waals surface area contributed by atoms with Crippen LogP contribution in [0.2, 0.25) is 0 Å². The van der Waals surface area contributed by atoms with Crippen molar-refractivity contribution in [1.82, 2.24) is 0 Å². The van der Waals surface area contributed by atoms with Crippen LogP contribution >= 0.6 is 0 Å². The highest BCUT2D eigenvalue weighted by Gasteiger charge is 2.38. The van der Waals surface area contributed by atoms with Crippen LogP contribution in [-0.2, 0) is 9.47 Å². The molecule has 0 spiro atoms. The minimum absolute atomic E-state index is 0.0648. The molecule has 1 fully saturated rings. The predicted octanol–water partition coefficient (Wildman–Crippen LogP) is 2.10. The summed E-state index contributed by atoms with van der Waals surface area (Å²) in [5, 5.41) is 0. The van der Waals surface area contributed by atoms with Gasteiger partial charge in [-0.25, -0.2) is 0 Å². The molecule has 1 aliphatic rings. The smallest absolute Gasteiger partial charge is 0.164 e. The largest absolute Gasteiger partial charge is 0.344 e. The van der Waals surface area contributed by atoms with Gasteiger partial charge in [-0.05, 0) is 20.3 Å². The highest BCUT2D eigenvalue weighted by Crippen LogP contribution is 2.29. The third-order valence-corrected chi connectivity index (χ3v) is 1.86. The third kappa shape index (κ3) is 1.82. The topological polar surface area (TPSA) is 18.5 Å². The summed E-state index contributed by atoms with van der Waals surface area (Å²) in [5.74, 6) is -0.431. The molecule has 1 rings (SSSR count). The molecule has 2 nitrogen and oxygen atoms in total. The van der Waals surface area contributed by atoms with Gasteiger partial charge in [-0.3, -0.25) is 0 Å². The van der Waals surface area contributed by atoms with Gasteiger partial charge in [0.1, 0.15) is 6.10 Å². The Morgan fingerprint density at radius 1 is 1.45 bits per heavy atom. The van der Waals surface area contributed by atoms with E-state index in [-0.39, 0.29) is 12.2 Å². The Hall–Kier alpha value is -0.340. The van der Waals surface area contributed by atoms with E-state index < -0.39 is 5.79 Å². The number of hydrogen-bond donors (Lipinski definition) is 0. The van der Waals surface area contributed by atoms with Gasteiger partial charge in [0.25, 0.3) is 0 Å². The highest BCUT2D eigenvalue weighted by molar-refractivity contribution is 4.92. The van der Waals surface area contributed by atoms with Gasteiger partial charge in [0.15, 0.2) is 5.79 Å². The summed E-state index contributed by atoms with van der Waals surface area (Å²) in [6.45, 7) is 9.65. The van der Waals surface area contributed by atoms with Crippen LogP contribution in [0.3, 0.4) is 0 Å². The van der Waals surface area contributed by atoms with Gasteiger partial charge in [0.05, 0.1) is 6.10 Å². The summed E-state index contributed by atoms with van der Waals surface area (Å²) in [7, 11) is 0. The highest BCUT2D eigenvalue weighted by atomic mass is 16.7. The molecule has 0 amide bonds. The Morgan fingerprint density at radius 3 is 2.45 bits per heavy atom. The molecule has 64 valence electrons. The van der Waals surface area contributed by atoms with Crippen LogP contribution in [0.15, 0.2) is 12.7 Å². The van der Waals surface area contributed by atoms with Crippen LogP contribution in [-0.4, -0.2) is 18.0 Å². The van der Waals surface area contributed by atoms with E-state index in [2.05, 4.69) is 13.5 Å². The molecule has 0 radical (unpaired) electrons. The Bertz CT molecular complexity index is 152. The zero-order chi connectivity index (χ0) is 8.48. The molecule has 0 aromatic heterocycles. The van der Waals surface area contributed by atoms with Gasteiger partial charge in [0.2, 0.25) is 0 Å². The van der Waals surface area contributed by atoms with Crippen LogP contribution in [0.25, 0.3) is 0 Å². The van der Waals surface area contributed by atoms with E-state index in [1.165, 1.54) is 0 Å². The second-order valence-corrected chi connectivity index (χ2v) is 3.28. The van der Waals surface area contributed by atoms with Crippen molar-refractivity contribution in [3.05, 3.63) is 12.7 Å². The van der Waals surface area contributed by atoms with E-state index in [0.717, 1.165) is 6.42 Å². The Balaban J connectivity index is 2.62. The van der Waals surface area contributed by atoms with Crippen LogP contribution < -0.4 is 0 Å². The molecule has 0 bridgehead atoms. The van der Waals surface area contributed by atoms with Gasteiger partial charge >= 0.3 is 0 Å². The molecule has 2 heteroatoms. The molecule has 0 N–H and O–H groups in total. The first kappa shape index (κ1) is 8.75. The van der Waals surface area contributed by atoms with Crippen molar-refractivity contribution in [3.63, 3.8) is 0 Å². The molecular formula is C9H16O2. The fourth-order valence-corrected chi connectivity index (χ4v) is 1.38. The lowest BCUT2D eigenvalue weighted by Crippen LogP contribution is -2.21. The third-order valence-electron chi connectivity index (χ3n) is 1.86. The van der Waals surface area contributed by atoms with E-state index >= 15 is 0 Å². The lowest BCUT2D eigenvalue weighted by molar-refractivity contribution is -0.143. The first-order valence-corrected chi connectivity index (χ1v) is 4.07. The van der Waals surface area contributed by atoms with Gasteiger partial charge in [0, 0.05) is 0 Å². The average molecular weight is 156 g/mol. The molecule has 11 heavy (non-hydrogen) atoms. The Kier molecular flexibility index (Phi) is 2.35. The van der Waals surface area contributed by atoms with E-state index in [1.54, 1.807) is 0 Å². The number of ether oxygens (including phenoxy) is 2. The van der Waals surface area contributed by atoms with E-state index in [1.807, 2.05) is 19.9 Å². The average Bonchev–Trinajstić information content (AvgIpc) is 2.25. The molecule has 1 saturated heterocycles. The first-order valence-electron chi connectivity index (χ1n) is 4.07. The van der Waals surface area contributed by atoms with Crippen LogP contribution in [0.1, 0.15) is 27.2 Å². The van der Waals surface area contributed by atoms with Crippen molar-refractivity contribution >= 4 is 0 Å². The van der Waals surface area contributed by atoms with Crippen LogP contribution in [0.5, 0.6) is 0 Å². The summed E-state index contributed by atoms with van der Waals surface area (Å²) >= 11 is 0. The van der Waals surface area contributed by atoms with Crippen molar-refractivity contribution < 1.29 is 9.47 Å². The van der Waals surface area contributed by atoms with Gasteiger partial charge in [-0.15, -0.1) is 6.58 Å². The Morgan fingerprint density at radius 2 is 2.09 bits per heavy atom. The molecule has 1 unspecified atom stereocenters. The van der Waals surface area contributed by atoms with E-state index in [4.69, 9.17) is 9.47 Å². The molecule has 1 heterocycles. The fourth-order valence-electron chi connectivity index (χ4n) is 1.38. The van der Waals surface area contributed by atoms with Crippen molar-refractivity contribution in [3.8, 4) is 0 Å². The molecule has 1 aliphatic heterocycles.